The number of hydrogen-bond acceptors (Lipinski definition) is 4. The van der Waals surface area contributed by atoms with Crippen LogP contribution in [0.3, 0.4) is 0 Å². The van der Waals surface area contributed by atoms with Crippen LogP contribution < -0.4 is 5.01 Å². The van der Waals surface area contributed by atoms with E-state index in [1.807, 2.05) is 0 Å². The van der Waals surface area contributed by atoms with Crippen LogP contribution in [0, 0.1) is 11.6 Å². The molecular weight excluding hydrogens is 539 g/mol. The average Bonchev–Trinajstić information content (AvgIpc) is 3.63. The van der Waals surface area contributed by atoms with Gasteiger partial charge in [0.2, 0.25) is 10.0 Å². The van der Waals surface area contributed by atoms with Gasteiger partial charge in [-0.2, -0.15) is 31.4 Å². The summed E-state index contributed by atoms with van der Waals surface area (Å²) in [4.78, 5) is 0. The largest absolute Gasteiger partial charge is 0.459 e. The molecule has 0 bridgehead atoms. The number of halogens is 7. The standard InChI is InChI=1S/C25H22F7N3O2S/c26-17-4-7-20(21(27)13-17)22-14-23(24(28,29)25(30,31)32)33-35(22)18-3-1-2-16(12-18)15-8-10-34(11-9-15)38(36,37)19-5-6-19/h1-4,7-8,12-13,19,22H,5-6,9-11,14H2. The van der Waals surface area contributed by atoms with Crippen molar-refractivity contribution in [3.05, 3.63) is 71.3 Å². The lowest BCUT2D eigenvalue weighted by molar-refractivity contribution is -0.249. The summed E-state index contributed by atoms with van der Waals surface area (Å²) in [6.45, 7) is 0.410. The van der Waals surface area contributed by atoms with Crippen LogP contribution >= 0.6 is 0 Å². The van der Waals surface area contributed by atoms with Crippen LogP contribution in [0.1, 0.15) is 42.9 Å². The van der Waals surface area contributed by atoms with E-state index >= 15 is 0 Å². The molecule has 1 saturated carbocycles. The van der Waals surface area contributed by atoms with Crippen LogP contribution in [-0.2, 0) is 10.0 Å². The Kier molecular flexibility index (Phi) is 6.57. The van der Waals surface area contributed by atoms with Gasteiger partial charge in [-0.05, 0) is 48.6 Å². The minimum absolute atomic E-state index is 0.123. The Labute approximate surface area is 214 Å². The van der Waals surface area contributed by atoms with Crippen molar-refractivity contribution in [2.24, 2.45) is 5.10 Å². The highest BCUT2D eigenvalue weighted by atomic mass is 32.2. The van der Waals surface area contributed by atoms with Crippen molar-refractivity contribution in [2.45, 2.75) is 49.1 Å². The monoisotopic (exact) mass is 561 g/mol. The summed E-state index contributed by atoms with van der Waals surface area (Å²) >= 11 is 0. The molecule has 0 radical (unpaired) electrons. The minimum atomic E-state index is -5.91. The van der Waals surface area contributed by atoms with Crippen molar-refractivity contribution in [3.63, 3.8) is 0 Å². The number of sulfonamides is 1. The Morgan fingerprint density at radius 2 is 1.71 bits per heavy atom. The Balaban J connectivity index is 1.49. The first-order chi connectivity index (χ1) is 17.8. The van der Waals surface area contributed by atoms with Crippen LogP contribution in [0.25, 0.3) is 5.57 Å². The number of alkyl halides is 5. The van der Waals surface area contributed by atoms with E-state index in [1.165, 1.54) is 16.4 Å². The second kappa shape index (κ2) is 9.37. The number of anilines is 1. The topological polar surface area (TPSA) is 53.0 Å². The summed E-state index contributed by atoms with van der Waals surface area (Å²) in [6, 6.07) is 7.22. The lowest BCUT2D eigenvalue weighted by Crippen LogP contribution is -2.43. The number of nitrogens with zero attached hydrogens (tertiary/aromatic N) is 3. The third-order valence-electron chi connectivity index (χ3n) is 6.91. The third-order valence-corrected chi connectivity index (χ3v) is 9.27. The van der Waals surface area contributed by atoms with Crippen molar-refractivity contribution in [1.82, 2.24) is 4.31 Å². The number of hydrogen-bond donors (Lipinski definition) is 0. The van der Waals surface area contributed by atoms with E-state index in [0.717, 1.165) is 22.7 Å². The van der Waals surface area contributed by atoms with Gasteiger partial charge in [-0.25, -0.2) is 17.2 Å². The molecule has 0 aromatic heterocycles. The average molecular weight is 562 g/mol. The van der Waals surface area contributed by atoms with Crippen LogP contribution in [0.5, 0.6) is 0 Å². The first kappa shape index (κ1) is 26.7. The minimum Gasteiger partial charge on any atom is -0.257 e. The van der Waals surface area contributed by atoms with Gasteiger partial charge in [-0.3, -0.25) is 5.01 Å². The van der Waals surface area contributed by atoms with E-state index in [1.54, 1.807) is 18.2 Å². The van der Waals surface area contributed by atoms with Crippen LogP contribution in [0.4, 0.5) is 36.4 Å². The van der Waals surface area contributed by atoms with Crippen molar-refractivity contribution < 1.29 is 39.2 Å². The summed E-state index contributed by atoms with van der Waals surface area (Å²) < 4.78 is 122. The molecule has 0 amide bonds. The molecule has 1 unspecified atom stereocenters. The maximum atomic E-state index is 14.6. The fraction of sp³-hybridized carbons (Fsp3) is 0.400. The summed E-state index contributed by atoms with van der Waals surface area (Å²) in [5.74, 6) is -7.28. The van der Waals surface area contributed by atoms with E-state index in [-0.39, 0.29) is 29.6 Å². The van der Waals surface area contributed by atoms with Gasteiger partial charge in [0, 0.05) is 31.1 Å². The van der Waals surface area contributed by atoms with Gasteiger partial charge in [0.25, 0.3) is 0 Å². The van der Waals surface area contributed by atoms with E-state index in [9.17, 15) is 39.2 Å². The molecule has 2 heterocycles. The Hall–Kier alpha value is -2.93. The van der Waals surface area contributed by atoms with Crippen LogP contribution in [0.15, 0.2) is 53.6 Å². The Morgan fingerprint density at radius 3 is 2.32 bits per heavy atom. The smallest absolute Gasteiger partial charge is 0.257 e. The van der Waals surface area contributed by atoms with Gasteiger partial charge >= 0.3 is 12.1 Å². The molecule has 0 spiro atoms. The molecular formula is C25H22F7N3O2S. The quantitative estimate of drug-likeness (QED) is 0.404. The first-order valence-corrected chi connectivity index (χ1v) is 13.3. The van der Waals surface area contributed by atoms with Gasteiger partial charge in [0.15, 0.2) is 0 Å². The second-order valence-electron chi connectivity index (χ2n) is 9.48. The normalized spacial score (nSPS) is 21.4. The predicted molar refractivity (Wildman–Crippen MR) is 127 cm³/mol. The number of benzene rings is 2. The van der Waals surface area contributed by atoms with Gasteiger partial charge < -0.3 is 0 Å². The highest BCUT2D eigenvalue weighted by Crippen LogP contribution is 2.45. The molecule has 5 nitrogen and oxygen atoms in total. The lowest BCUT2D eigenvalue weighted by Gasteiger charge is -2.27. The summed E-state index contributed by atoms with van der Waals surface area (Å²) in [5, 5.41) is 4.13. The summed E-state index contributed by atoms with van der Waals surface area (Å²) in [7, 11) is -3.36. The maximum absolute atomic E-state index is 14.6. The van der Waals surface area contributed by atoms with Gasteiger partial charge in [0.05, 0.1) is 17.0 Å². The number of rotatable bonds is 6. The molecule has 1 fully saturated rings. The zero-order chi connectivity index (χ0) is 27.5. The van der Waals surface area contributed by atoms with Crippen molar-refractivity contribution >= 4 is 27.0 Å². The Morgan fingerprint density at radius 1 is 0.974 bits per heavy atom. The highest BCUT2D eigenvalue weighted by molar-refractivity contribution is 7.90. The van der Waals surface area contributed by atoms with Crippen LogP contribution in [-0.4, -0.2) is 48.9 Å². The van der Waals surface area contributed by atoms with E-state index in [4.69, 9.17) is 0 Å². The molecule has 5 rings (SSSR count). The van der Waals surface area contributed by atoms with E-state index in [2.05, 4.69) is 5.10 Å². The van der Waals surface area contributed by atoms with Crippen molar-refractivity contribution in [2.75, 3.05) is 18.1 Å². The van der Waals surface area contributed by atoms with Crippen molar-refractivity contribution in [3.8, 4) is 0 Å². The fourth-order valence-corrected chi connectivity index (χ4v) is 6.47. The fourth-order valence-electron chi connectivity index (χ4n) is 4.68. The summed E-state index contributed by atoms with van der Waals surface area (Å²) in [5.41, 5.74) is -0.287. The second-order valence-corrected chi connectivity index (χ2v) is 11.7. The van der Waals surface area contributed by atoms with Crippen molar-refractivity contribution in [1.29, 1.82) is 0 Å². The first-order valence-electron chi connectivity index (χ1n) is 11.8. The molecule has 2 aromatic rings. The zero-order valence-electron chi connectivity index (χ0n) is 19.7. The van der Waals surface area contributed by atoms with E-state index in [0.29, 0.717) is 30.9 Å². The molecule has 204 valence electrons. The number of hydrazone groups is 1. The molecule has 0 saturated heterocycles. The zero-order valence-corrected chi connectivity index (χ0v) is 20.5. The molecule has 38 heavy (non-hydrogen) atoms. The van der Waals surface area contributed by atoms with Crippen LogP contribution in [0.2, 0.25) is 0 Å². The molecule has 13 heteroatoms. The lowest BCUT2D eigenvalue weighted by atomic mass is 9.97. The molecule has 1 aliphatic carbocycles. The maximum Gasteiger partial charge on any atom is 0.459 e. The molecule has 0 N–H and O–H groups in total. The van der Waals surface area contributed by atoms with Gasteiger partial charge in [-0.15, -0.1) is 0 Å². The molecule has 3 aliphatic rings. The van der Waals surface area contributed by atoms with Gasteiger partial charge in [-0.1, -0.05) is 24.3 Å². The summed E-state index contributed by atoms with van der Waals surface area (Å²) in [6.07, 6.45) is -3.47. The predicted octanol–water partition coefficient (Wildman–Crippen LogP) is 6.05. The molecule has 2 aromatic carbocycles. The highest BCUT2D eigenvalue weighted by Gasteiger charge is 2.63. The van der Waals surface area contributed by atoms with E-state index < -0.39 is 51.9 Å². The SMILES string of the molecule is O=S(=O)(C1CC1)N1CC=C(c2cccc(N3N=C(C(F)(F)C(F)(F)F)CC3c3ccc(F)cc3F)c2)CC1. The third kappa shape index (κ3) is 4.81. The molecule has 1 atom stereocenters. The molecule has 2 aliphatic heterocycles. The Bertz CT molecular complexity index is 1420. The van der Waals surface area contributed by atoms with Gasteiger partial charge in [0.1, 0.15) is 17.3 Å².